The van der Waals surface area contributed by atoms with Crippen molar-refractivity contribution < 1.29 is 22.7 Å². The summed E-state index contributed by atoms with van der Waals surface area (Å²) < 4.78 is 40.0. The van der Waals surface area contributed by atoms with Crippen molar-refractivity contribution in [3.05, 3.63) is 81.9 Å². The van der Waals surface area contributed by atoms with Gasteiger partial charge in [-0.25, -0.2) is 8.42 Å². The van der Waals surface area contributed by atoms with Gasteiger partial charge in [-0.15, -0.1) is 0 Å². The Balaban J connectivity index is 1.57. The van der Waals surface area contributed by atoms with Gasteiger partial charge in [0.15, 0.2) is 11.5 Å². The van der Waals surface area contributed by atoms with Crippen LogP contribution in [0.1, 0.15) is 38.2 Å². The lowest BCUT2D eigenvalue weighted by Gasteiger charge is -2.18. The highest BCUT2D eigenvalue weighted by molar-refractivity contribution is 7.92. The quantitative estimate of drug-likeness (QED) is 0.562. The van der Waals surface area contributed by atoms with Gasteiger partial charge in [0, 0.05) is 6.54 Å². The molecule has 3 aromatic carbocycles. The highest BCUT2D eigenvalue weighted by Crippen LogP contribution is 2.32. The second-order valence-corrected chi connectivity index (χ2v) is 9.73. The Morgan fingerprint density at radius 1 is 0.909 bits per heavy atom. The molecule has 0 spiro atoms. The average molecular weight is 467 g/mol. The Labute approximate surface area is 193 Å². The lowest BCUT2D eigenvalue weighted by atomic mass is 10.0. The van der Waals surface area contributed by atoms with E-state index in [1.165, 1.54) is 0 Å². The molecule has 3 aromatic rings. The molecular weight excluding hydrogens is 440 g/mol. The zero-order valence-electron chi connectivity index (χ0n) is 19.0. The van der Waals surface area contributed by atoms with E-state index >= 15 is 0 Å². The van der Waals surface area contributed by atoms with Crippen LogP contribution in [0.3, 0.4) is 0 Å². The second-order valence-electron chi connectivity index (χ2n) is 8.11. The Morgan fingerprint density at radius 2 is 1.58 bits per heavy atom. The summed E-state index contributed by atoms with van der Waals surface area (Å²) >= 11 is 0. The van der Waals surface area contributed by atoms with Crippen LogP contribution < -0.4 is 19.5 Å². The minimum absolute atomic E-state index is 0.179. The van der Waals surface area contributed by atoms with Crippen LogP contribution >= 0.6 is 0 Å². The Bertz CT molecular complexity index is 1320. The van der Waals surface area contributed by atoms with Crippen LogP contribution in [0.15, 0.2) is 53.4 Å². The summed E-state index contributed by atoms with van der Waals surface area (Å²) in [6.07, 6.45) is 0. The molecule has 0 aromatic heterocycles. The molecule has 1 amide bonds. The first-order valence-electron chi connectivity index (χ1n) is 10.5. The van der Waals surface area contributed by atoms with Gasteiger partial charge in [0.1, 0.15) is 0 Å². The van der Waals surface area contributed by atoms with Gasteiger partial charge in [-0.3, -0.25) is 9.52 Å². The fourth-order valence-electron chi connectivity index (χ4n) is 3.88. The van der Waals surface area contributed by atoms with E-state index in [1.807, 2.05) is 32.0 Å². The van der Waals surface area contributed by atoms with Crippen molar-refractivity contribution in [2.45, 2.75) is 39.1 Å². The number of carbonyl (C=O) groups excluding carboxylic acids is 1. The molecule has 0 bridgehead atoms. The second kappa shape index (κ2) is 8.78. The van der Waals surface area contributed by atoms with Gasteiger partial charge in [-0.05, 0) is 79.8 Å². The molecule has 172 valence electrons. The highest BCUT2D eigenvalue weighted by atomic mass is 32.2. The fraction of sp³-hybridized carbons (Fsp3) is 0.240. The van der Waals surface area contributed by atoms with Crippen LogP contribution in [-0.4, -0.2) is 21.1 Å². The van der Waals surface area contributed by atoms with E-state index in [2.05, 4.69) is 10.0 Å². The number of nitrogens with one attached hydrogen (secondary N) is 2. The number of sulfonamides is 1. The topological polar surface area (TPSA) is 93.7 Å². The SMILES string of the molecule is Cc1cc(C)c(C)c(S(=O)(=O)Nc2ccccc2C(=O)NCc2ccc3c(c2)OCO3)c1C. The predicted octanol–water partition coefficient (Wildman–Crippen LogP) is 4.38. The minimum atomic E-state index is -3.91. The maximum atomic E-state index is 13.3. The van der Waals surface area contributed by atoms with Crippen molar-refractivity contribution in [1.82, 2.24) is 5.32 Å². The van der Waals surface area contributed by atoms with Crippen molar-refractivity contribution in [2.24, 2.45) is 0 Å². The molecular formula is C25H26N2O5S. The number of hydrogen-bond acceptors (Lipinski definition) is 5. The van der Waals surface area contributed by atoms with Crippen LogP contribution in [0.5, 0.6) is 11.5 Å². The van der Waals surface area contributed by atoms with Crippen molar-refractivity contribution >= 4 is 21.6 Å². The largest absolute Gasteiger partial charge is 0.454 e. The van der Waals surface area contributed by atoms with E-state index < -0.39 is 10.0 Å². The Kier molecular flexibility index (Phi) is 6.03. The van der Waals surface area contributed by atoms with Gasteiger partial charge >= 0.3 is 0 Å². The van der Waals surface area contributed by atoms with E-state index in [0.29, 0.717) is 22.6 Å². The fourth-order valence-corrected chi connectivity index (χ4v) is 5.58. The smallest absolute Gasteiger partial charge is 0.262 e. The normalized spacial score (nSPS) is 12.5. The van der Waals surface area contributed by atoms with Gasteiger partial charge < -0.3 is 14.8 Å². The van der Waals surface area contributed by atoms with Crippen LogP contribution in [0.25, 0.3) is 0 Å². The molecule has 2 N–H and O–H groups in total. The number of carbonyl (C=O) groups is 1. The van der Waals surface area contributed by atoms with Crippen LogP contribution in [0, 0.1) is 27.7 Å². The molecule has 0 saturated heterocycles. The summed E-state index contributed by atoms with van der Waals surface area (Å²) in [5.74, 6) is 0.913. The third-order valence-electron chi connectivity index (χ3n) is 5.87. The highest BCUT2D eigenvalue weighted by Gasteiger charge is 2.24. The summed E-state index contributed by atoms with van der Waals surface area (Å²) in [5, 5.41) is 2.84. The summed E-state index contributed by atoms with van der Waals surface area (Å²) in [5.41, 5.74) is 4.47. The molecule has 0 unspecified atom stereocenters. The molecule has 7 nitrogen and oxygen atoms in total. The van der Waals surface area contributed by atoms with Crippen molar-refractivity contribution in [1.29, 1.82) is 0 Å². The van der Waals surface area contributed by atoms with E-state index in [9.17, 15) is 13.2 Å². The zero-order valence-corrected chi connectivity index (χ0v) is 19.8. The maximum Gasteiger partial charge on any atom is 0.262 e. The van der Waals surface area contributed by atoms with Gasteiger partial charge in [-0.2, -0.15) is 0 Å². The molecule has 4 rings (SSSR count). The molecule has 33 heavy (non-hydrogen) atoms. The van der Waals surface area contributed by atoms with Gasteiger partial charge in [0.2, 0.25) is 6.79 Å². The summed E-state index contributed by atoms with van der Waals surface area (Å²) in [6.45, 7) is 7.79. The number of amides is 1. The molecule has 0 radical (unpaired) electrons. The number of aryl methyl sites for hydroxylation is 2. The lowest BCUT2D eigenvalue weighted by Crippen LogP contribution is -2.25. The monoisotopic (exact) mass is 466 g/mol. The molecule has 1 aliphatic heterocycles. The number of fused-ring (bicyclic) bond motifs is 1. The van der Waals surface area contributed by atoms with Crippen LogP contribution in [0.4, 0.5) is 5.69 Å². The Hall–Kier alpha value is -3.52. The minimum Gasteiger partial charge on any atom is -0.454 e. The molecule has 0 aliphatic carbocycles. The summed E-state index contributed by atoms with van der Waals surface area (Å²) in [4.78, 5) is 13.2. The number of benzene rings is 3. The van der Waals surface area contributed by atoms with E-state index in [4.69, 9.17) is 9.47 Å². The van der Waals surface area contributed by atoms with Gasteiger partial charge in [0.25, 0.3) is 15.9 Å². The molecule has 1 heterocycles. The third kappa shape index (κ3) is 4.52. The number of hydrogen-bond donors (Lipinski definition) is 2. The molecule has 1 aliphatic rings. The van der Waals surface area contributed by atoms with Gasteiger partial charge in [-0.1, -0.05) is 24.3 Å². The Morgan fingerprint density at radius 3 is 2.30 bits per heavy atom. The van der Waals surface area contributed by atoms with Crippen molar-refractivity contribution in [3.63, 3.8) is 0 Å². The summed E-state index contributed by atoms with van der Waals surface area (Å²) in [6, 6.07) is 14.0. The molecule has 0 atom stereocenters. The van der Waals surface area contributed by atoms with E-state index in [1.54, 1.807) is 44.2 Å². The van der Waals surface area contributed by atoms with E-state index in [-0.39, 0.29) is 35.4 Å². The number of para-hydroxylation sites is 1. The van der Waals surface area contributed by atoms with Crippen LogP contribution in [0.2, 0.25) is 0 Å². The molecule has 0 saturated carbocycles. The van der Waals surface area contributed by atoms with E-state index in [0.717, 1.165) is 16.7 Å². The summed E-state index contributed by atoms with van der Waals surface area (Å²) in [7, 11) is -3.91. The van der Waals surface area contributed by atoms with Crippen molar-refractivity contribution in [3.8, 4) is 11.5 Å². The molecule has 8 heteroatoms. The number of rotatable bonds is 6. The first-order chi connectivity index (χ1) is 15.7. The third-order valence-corrected chi connectivity index (χ3v) is 7.51. The first-order valence-corrected chi connectivity index (χ1v) is 12.0. The van der Waals surface area contributed by atoms with Crippen LogP contribution in [-0.2, 0) is 16.6 Å². The standard InChI is InChI=1S/C25H26N2O5S/c1-15-11-16(2)18(4)24(17(15)3)33(29,30)27-21-8-6-5-7-20(21)25(28)26-13-19-9-10-22-23(12-19)32-14-31-22/h5-12,27H,13-14H2,1-4H3,(H,26,28). The van der Waals surface area contributed by atoms with Gasteiger partial charge in [0.05, 0.1) is 16.1 Å². The zero-order chi connectivity index (χ0) is 23.8. The predicted molar refractivity (Wildman–Crippen MR) is 126 cm³/mol. The lowest BCUT2D eigenvalue weighted by molar-refractivity contribution is 0.0951. The first kappa shape index (κ1) is 22.7. The maximum absolute atomic E-state index is 13.3. The number of anilines is 1. The number of ether oxygens (including phenoxy) is 2. The molecule has 0 fully saturated rings. The van der Waals surface area contributed by atoms with Crippen molar-refractivity contribution in [2.75, 3.05) is 11.5 Å². The average Bonchev–Trinajstić information content (AvgIpc) is 3.24.